The Morgan fingerprint density at radius 1 is 0.778 bits per heavy atom. The van der Waals surface area contributed by atoms with Gasteiger partial charge in [-0.15, -0.1) is 0 Å². The van der Waals surface area contributed by atoms with Crippen molar-refractivity contribution in [1.82, 2.24) is 4.72 Å². The minimum Gasteiger partial charge on any atom is -0.457 e. The highest BCUT2D eigenvalue weighted by molar-refractivity contribution is 7.89. The Kier molecular flexibility index (Phi) is 7.99. The summed E-state index contributed by atoms with van der Waals surface area (Å²) in [7, 11) is -3.71. The molecule has 4 aromatic rings. The second-order valence-corrected chi connectivity index (χ2v) is 9.83. The molecule has 4 aromatic carbocycles. The van der Waals surface area contributed by atoms with Crippen molar-refractivity contribution in [3.05, 3.63) is 115 Å². The van der Waals surface area contributed by atoms with E-state index in [9.17, 15) is 13.2 Å². The minimum absolute atomic E-state index is 0.0285. The molecular weight excluding hydrogens is 474 g/mol. The van der Waals surface area contributed by atoms with E-state index >= 15 is 0 Å². The number of para-hydroxylation sites is 2. The quantitative estimate of drug-likeness (QED) is 0.303. The Bertz CT molecular complexity index is 1380. The van der Waals surface area contributed by atoms with Crippen LogP contribution in [0, 0.1) is 6.92 Å². The summed E-state index contributed by atoms with van der Waals surface area (Å²) in [5.74, 6) is 1.32. The molecule has 2 N–H and O–H groups in total. The van der Waals surface area contributed by atoms with Crippen LogP contribution in [-0.4, -0.2) is 27.5 Å². The molecule has 184 valence electrons. The second kappa shape index (κ2) is 11.5. The number of hydrogen-bond donors (Lipinski definition) is 2. The van der Waals surface area contributed by atoms with Crippen molar-refractivity contribution in [2.45, 2.75) is 11.8 Å². The van der Waals surface area contributed by atoms with Crippen LogP contribution in [0.1, 0.15) is 5.56 Å². The first kappa shape index (κ1) is 25.0. The molecule has 0 saturated carbocycles. The number of carbonyl (C=O) groups is 1. The van der Waals surface area contributed by atoms with Gasteiger partial charge in [-0.1, -0.05) is 54.1 Å². The largest absolute Gasteiger partial charge is 0.457 e. The number of rotatable bonds is 9. The SMILES string of the molecule is Cc1ccc(S(=O)(=O)NCCN(C(=O)Nc2ccccc2)c2ccc(Oc3ccccc3)cc2)cc1. The van der Waals surface area contributed by atoms with Gasteiger partial charge in [0.15, 0.2) is 0 Å². The van der Waals surface area contributed by atoms with E-state index in [0.717, 1.165) is 5.56 Å². The molecular formula is C28H27N3O4S. The molecule has 0 fully saturated rings. The summed E-state index contributed by atoms with van der Waals surface area (Å²) < 4.78 is 33.8. The summed E-state index contributed by atoms with van der Waals surface area (Å²) in [6.07, 6.45) is 0. The first-order chi connectivity index (χ1) is 17.4. The van der Waals surface area contributed by atoms with E-state index in [1.54, 1.807) is 60.7 Å². The van der Waals surface area contributed by atoms with Gasteiger partial charge in [-0.2, -0.15) is 0 Å². The Labute approximate surface area is 211 Å². The number of ether oxygens (including phenoxy) is 1. The highest BCUT2D eigenvalue weighted by Crippen LogP contribution is 2.25. The average molecular weight is 502 g/mol. The molecule has 0 saturated heterocycles. The smallest absolute Gasteiger partial charge is 0.326 e. The third-order valence-electron chi connectivity index (χ3n) is 5.36. The first-order valence-corrected chi connectivity index (χ1v) is 12.9. The Morgan fingerprint density at radius 3 is 2.00 bits per heavy atom. The predicted molar refractivity (Wildman–Crippen MR) is 142 cm³/mol. The van der Waals surface area contributed by atoms with Crippen molar-refractivity contribution in [2.75, 3.05) is 23.3 Å². The number of urea groups is 1. The fourth-order valence-corrected chi connectivity index (χ4v) is 4.49. The van der Waals surface area contributed by atoms with Crippen LogP contribution in [0.4, 0.5) is 16.2 Å². The molecule has 7 nitrogen and oxygen atoms in total. The third kappa shape index (κ3) is 6.71. The van der Waals surface area contributed by atoms with Crippen molar-refractivity contribution < 1.29 is 17.9 Å². The lowest BCUT2D eigenvalue weighted by atomic mass is 10.2. The van der Waals surface area contributed by atoms with Gasteiger partial charge in [0.2, 0.25) is 10.0 Å². The zero-order chi connectivity index (χ0) is 25.4. The normalized spacial score (nSPS) is 11.0. The van der Waals surface area contributed by atoms with Crippen LogP contribution in [0.2, 0.25) is 0 Å². The molecule has 0 aliphatic rings. The van der Waals surface area contributed by atoms with Gasteiger partial charge in [-0.3, -0.25) is 4.90 Å². The molecule has 36 heavy (non-hydrogen) atoms. The van der Waals surface area contributed by atoms with Crippen LogP contribution in [-0.2, 0) is 10.0 Å². The second-order valence-electron chi connectivity index (χ2n) is 8.07. The lowest BCUT2D eigenvalue weighted by Gasteiger charge is -2.24. The number of amides is 2. The summed E-state index contributed by atoms with van der Waals surface area (Å²) in [4.78, 5) is 14.8. The van der Waals surface area contributed by atoms with E-state index in [4.69, 9.17) is 4.74 Å². The number of nitrogens with zero attached hydrogens (tertiary/aromatic N) is 1. The fourth-order valence-electron chi connectivity index (χ4n) is 3.47. The van der Waals surface area contributed by atoms with Gasteiger partial charge in [0, 0.05) is 24.5 Å². The molecule has 4 rings (SSSR count). The molecule has 0 spiro atoms. The monoisotopic (exact) mass is 501 g/mol. The topological polar surface area (TPSA) is 87.7 Å². The van der Waals surface area contributed by atoms with Crippen molar-refractivity contribution >= 4 is 27.4 Å². The number of sulfonamides is 1. The van der Waals surface area contributed by atoms with Crippen LogP contribution < -0.4 is 19.7 Å². The predicted octanol–water partition coefficient (Wildman–Crippen LogP) is 5.80. The molecule has 0 aromatic heterocycles. The number of anilines is 2. The van der Waals surface area contributed by atoms with Gasteiger partial charge in [0.25, 0.3) is 0 Å². The summed E-state index contributed by atoms with van der Waals surface area (Å²) >= 11 is 0. The zero-order valence-electron chi connectivity index (χ0n) is 19.8. The lowest BCUT2D eigenvalue weighted by molar-refractivity contribution is 0.257. The van der Waals surface area contributed by atoms with E-state index in [1.165, 1.54) is 4.90 Å². The molecule has 0 heterocycles. The molecule has 0 aliphatic heterocycles. The molecule has 0 unspecified atom stereocenters. The highest BCUT2D eigenvalue weighted by Gasteiger charge is 2.19. The van der Waals surface area contributed by atoms with Gasteiger partial charge in [-0.25, -0.2) is 17.9 Å². The number of benzene rings is 4. The molecule has 2 amide bonds. The zero-order valence-corrected chi connectivity index (χ0v) is 20.6. The molecule has 0 aliphatic carbocycles. The summed E-state index contributed by atoms with van der Waals surface area (Å²) in [5, 5.41) is 2.86. The summed E-state index contributed by atoms with van der Waals surface area (Å²) in [5.41, 5.74) is 2.20. The Hall–Kier alpha value is -4.14. The number of nitrogens with one attached hydrogen (secondary N) is 2. The van der Waals surface area contributed by atoms with Gasteiger partial charge in [-0.05, 0) is 67.6 Å². The maximum Gasteiger partial charge on any atom is 0.326 e. The van der Waals surface area contributed by atoms with Crippen LogP contribution in [0.25, 0.3) is 0 Å². The number of aryl methyl sites for hydroxylation is 1. The molecule has 8 heteroatoms. The molecule has 0 bridgehead atoms. The van der Waals surface area contributed by atoms with Crippen LogP contribution in [0.5, 0.6) is 11.5 Å². The number of hydrogen-bond acceptors (Lipinski definition) is 4. The van der Waals surface area contributed by atoms with Crippen molar-refractivity contribution in [2.24, 2.45) is 0 Å². The van der Waals surface area contributed by atoms with Crippen LogP contribution in [0.15, 0.2) is 114 Å². The molecule has 0 radical (unpaired) electrons. The van der Waals surface area contributed by atoms with Gasteiger partial charge in [0.1, 0.15) is 11.5 Å². The van der Waals surface area contributed by atoms with E-state index < -0.39 is 10.0 Å². The Morgan fingerprint density at radius 2 is 1.36 bits per heavy atom. The van der Waals surface area contributed by atoms with Gasteiger partial charge < -0.3 is 10.1 Å². The average Bonchev–Trinajstić information content (AvgIpc) is 2.89. The highest BCUT2D eigenvalue weighted by atomic mass is 32.2. The minimum atomic E-state index is -3.71. The fraction of sp³-hybridized carbons (Fsp3) is 0.107. The maximum absolute atomic E-state index is 13.2. The van der Waals surface area contributed by atoms with Crippen molar-refractivity contribution in [1.29, 1.82) is 0 Å². The van der Waals surface area contributed by atoms with E-state index in [-0.39, 0.29) is 24.0 Å². The summed E-state index contributed by atoms with van der Waals surface area (Å²) in [6, 6.07) is 31.7. The first-order valence-electron chi connectivity index (χ1n) is 11.4. The maximum atomic E-state index is 13.2. The Balaban J connectivity index is 1.49. The van der Waals surface area contributed by atoms with Crippen LogP contribution >= 0.6 is 0 Å². The van der Waals surface area contributed by atoms with Crippen molar-refractivity contribution in [3.63, 3.8) is 0 Å². The van der Waals surface area contributed by atoms with E-state index in [0.29, 0.717) is 22.9 Å². The van der Waals surface area contributed by atoms with Gasteiger partial charge >= 0.3 is 6.03 Å². The molecule has 0 atom stereocenters. The van der Waals surface area contributed by atoms with E-state index in [1.807, 2.05) is 55.5 Å². The standard InChI is InChI=1S/C28H27N3O4S/c1-22-12-18-27(19-13-22)36(33,34)29-20-21-31(28(32)30-23-8-4-2-5-9-23)24-14-16-26(17-15-24)35-25-10-6-3-7-11-25/h2-19,29H,20-21H2,1H3,(H,30,32). The van der Waals surface area contributed by atoms with Crippen molar-refractivity contribution in [3.8, 4) is 11.5 Å². The van der Waals surface area contributed by atoms with Crippen LogP contribution in [0.3, 0.4) is 0 Å². The lowest BCUT2D eigenvalue weighted by Crippen LogP contribution is -2.41. The van der Waals surface area contributed by atoms with Gasteiger partial charge in [0.05, 0.1) is 4.90 Å². The third-order valence-corrected chi connectivity index (χ3v) is 6.83. The van der Waals surface area contributed by atoms with E-state index in [2.05, 4.69) is 10.0 Å². The number of carbonyl (C=O) groups excluding carboxylic acids is 1. The summed E-state index contributed by atoms with van der Waals surface area (Å²) in [6.45, 7) is 2.03.